The van der Waals surface area contributed by atoms with E-state index in [1.165, 1.54) is 0 Å². The smallest absolute Gasteiger partial charge is 0.822 e. The Hall–Kier alpha value is 1.51. The van der Waals surface area contributed by atoms with Crippen molar-refractivity contribution >= 4 is 31.7 Å². The van der Waals surface area contributed by atoms with Gasteiger partial charge < -0.3 is 19.2 Å². The van der Waals surface area contributed by atoms with Gasteiger partial charge in [-0.05, 0) is 0 Å². The van der Waals surface area contributed by atoms with Gasteiger partial charge in [0.1, 0.15) is 0 Å². The molecule has 0 aromatic rings. The first-order chi connectivity index (χ1) is 2.00. The van der Waals surface area contributed by atoms with E-state index in [0.717, 1.165) is 0 Å². The molecule has 0 saturated carbocycles. The summed E-state index contributed by atoms with van der Waals surface area (Å²) in [6, 6.07) is 0. The Morgan fingerprint density at radius 3 is 1.14 bits per heavy atom. The molecule has 0 atom stereocenters. The Labute approximate surface area is 69.7 Å². The van der Waals surface area contributed by atoms with Crippen LogP contribution in [0.3, 0.4) is 0 Å². The molecule has 0 fully saturated rings. The van der Waals surface area contributed by atoms with Crippen LogP contribution in [-0.2, 0) is 4.57 Å². The fraction of sp³-hybridized carbons (Fsp3) is 0. The maximum atomic E-state index is 8.55. The van der Waals surface area contributed by atoms with Crippen LogP contribution in [0.2, 0.25) is 0 Å². The number of rotatable bonds is 0. The van der Waals surface area contributed by atoms with E-state index in [2.05, 4.69) is 0 Å². The van der Waals surface area contributed by atoms with E-state index < -0.39 is 7.82 Å². The largest absolute Gasteiger partial charge is 4.00 e. The van der Waals surface area contributed by atoms with Crippen molar-refractivity contribution in [3.63, 3.8) is 0 Å². The molecule has 7 heteroatoms. The first-order valence-electron chi connectivity index (χ1n) is 0.730. The first kappa shape index (κ1) is 15.8. The molecule has 0 bridgehead atoms. The molecule has 7 heavy (non-hydrogen) atoms. The quantitative estimate of drug-likeness (QED) is 0.300. The minimum Gasteiger partial charge on any atom is -0.822 e. The summed E-state index contributed by atoms with van der Waals surface area (Å²) in [5.41, 5.74) is 0. The number of phosphoric acid groups is 1. The molecular weight excluding hydrogens is 221 g/mol. The van der Waals surface area contributed by atoms with Crippen LogP contribution in [0.1, 0.15) is 0 Å². The minimum absolute atomic E-state index is 0. The third-order valence-electron chi connectivity index (χ3n) is 0. The summed E-state index contributed by atoms with van der Waals surface area (Å²) < 4.78 is 8.55. The molecule has 0 radical (unpaired) electrons. The molecule has 0 rings (SSSR count). The second kappa shape index (κ2) is 5.64. The van der Waals surface area contributed by atoms with E-state index in [1.807, 2.05) is 0 Å². The topological polar surface area (TPSA) is 86.2 Å². The third kappa shape index (κ3) is 100. The zero-order chi connectivity index (χ0) is 4.50. The van der Waals surface area contributed by atoms with Gasteiger partial charge in [-0.1, -0.05) is 0 Å². The van der Waals surface area contributed by atoms with Crippen LogP contribution < -0.4 is 33.5 Å². The summed E-state index contributed by atoms with van der Waals surface area (Å²) in [6.45, 7) is 0. The molecule has 32 valence electrons. The van der Waals surface area contributed by atoms with Gasteiger partial charge in [-0.2, -0.15) is 7.82 Å². The summed E-state index contributed by atoms with van der Waals surface area (Å²) in [5, 5.41) is 0. The van der Waals surface area contributed by atoms with Crippen LogP contribution in [0.25, 0.3) is 0 Å². The van der Waals surface area contributed by atoms with E-state index in [4.69, 9.17) is 19.2 Å². The monoisotopic (exact) mass is 222 g/mol. The second-order valence-electron chi connectivity index (χ2n) is 0.447. The van der Waals surface area contributed by atoms with Crippen molar-refractivity contribution in [2.45, 2.75) is 0 Å². The molecule has 4 nitrogen and oxygen atoms in total. The number of hydrogen-bond acceptors (Lipinski definition) is 4. The van der Waals surface area contributed by atoms with Gasteiger partial charge in [-0.3, -0.25) is 0 Å². The molecule has 0 spiro atoms. The molecule has 0 amide bonds. The van der Waals surface area contributed by atoms with Crippen molar-refractivity contribution in [2.24, 2.45) is 0 Å². The van der Waals surface area contributed by atoms with E-state index >= 15 is 0 Å². The van der Waals surface area contributed by atoms with Crippen LogP contribution in [0.5, 0.6) is 0 Å². The van der Waals surface area contributed by atoms with E-state index in [0.29, 0.717) is 0 Å². The van der Waals surface area contributed by atoms with Crippen molar-refractivity contribution < 1.29 is 38.1 Å². The summed E-state index contributed by atoms with van der Waals surface area (Å²) >= 11 is 0. The first-order valence-corrected chi connectivity index (χ1v) is 2.19. The fourth-order valence-electron chi connectivity index (χ4n) is 0. The van der Waals surface area contributed by atoms with Gasteiger partial charge in [0.25, 0.3) is 0 Å². The third-order valence-corrected chi connectivity index (χ3v) is 0. The maximum Gasteiger partial charge on any atom is 4.00 e. The fourth-order valence-corrected chi connectivity index (χ4v) is 0. The summed E-state index contributed by atoms with van der Waals surface area (Å²) in [4.78, 5) is 25.6. The van der Waals surface area contributed by atoms with Gasteiger partial charge in [-0.25, -0.2) is 0 Å². The van der Waals surface area contributed by atoms with Crippen LogP contribution >= 0.6 is 7.82 Å². The van der Waals surface area contributed by atoms with Gasteiger partial charge in [0.15, 0.2) is 0 Å². The number of hydrogen-bond donors (Lipinski definition) is 0. The predicted molar refractivity (Wildman–Crippen MR) is 13.4 cm³/mol. The SMILES string of the molecule is O=P([O-])([O-])[O-].[Li+].[Sn+4]. The van der Waals surface area contributed by atoms with Crippen molar-refractivity contribution in [3.8, 4) is 0 Å². The van der Waals surface area contributed by atoms with Crippen molar-refractivity contribution in [3.05, 3.63) is 0 Å². The Balaban J connectivity index is -0.0000000800. The van der Waals surface area contributed by atoms with Crippen LogP contribution in [0, 0.1) is 0 Å². The average Bonchev–Trinajstić information content (AvgIpc) is 0.722. The van der Waals surface area contributed by atoms with Crippen molar-refractivity contribution in [1.29, 1.82) is 0 Å². The van der Waals surface area contributed by atoms with Gasteiger partial charge in [0.05, 0.1) is 0 Å². The standard InChI is InChI=1S/Li.H3O4P.Sn/c;1-5(2,3)4;/h;(H3,1,2,3,4);/q+1;;+4/p-3. The van der Waals surface area contributed by atoms with E-state index in [1.54, 1.807) is 0 Å². The second-order valence-corrected chi connectivity index (χ2v) is 1.34. The minimum atomic E-state index is -5.39. The molecule has 0 unspecified atom stereocenters. The molecule has 0 saturated heterocycles. The maximum absolute atomic E-state index is 8.55. The molecule has 0 aliphatic heterocycles. The zero-order valence-electron chi connectivity index (χ0n) is 3.58. The molecule has 0 aromatic carbocycles. The summed E-state index contributed by atoms with van der Waals surface area (Å²) in [5.74, 6) is 0. The predicted octanol–water partition coefficient (Wildman–Crippen LogP) is -6.20. The van der Waals surface area contributed by atoms with Crippen LogP contribution in [0.15, 0.2) is 0 Å². The normalized spacial score (nSPS) is 8.43. The van der Waals surface area contributed by atoms with Crippen LogP contribution in [0.4, 0.5) is 0 Å². The zero-order valence-corrected chi connectivity index (χ0v) is 7.33. The average molecular weight is 221 g/mol. The Morgan fingerprint density at radius 1 is 1.14 bits per heavy atom. The molecule has 0 heterocycles. The summed E-state index contributed by atoms with van der Waals surface area (Å²) in [6.07, 6.45) is 0. The van der Waals surface area contributed by atoms with Gasteiger partial charge in [0.2, 0.25) is 0 Å². The Kier molecular flexibility index (Phi) is 12.7. The molecule has 0 N–H and O–H groups in total. The van der Waals surface area contributed by atoms with Crippen molar-refractivity contribution in [2.75, 3.05) is 0 Å². The molecular formula is LiO4PSn+2. The van der Waals surface area contributed by atoms with Gasteiger partial charge in [0, 0.05) is 0 Å². The Morgan fingerprint density at radius 2 is 1.14 bits per heavy atom. The van der Waals surface area contributed by atoms with Gasteiger partial charge in [-0.15, -0.1) is 0 Å². The van der Waals surface area contributed by atoms with Crippen molar-refractivity contribution in [1.82, 2.24) is 0 Å². The Bertz CT molecular complexity index is 57.8. The molecule has 0 aliphatic rings. The molecule has 0 aliphatic carbocycles. The van der Waals surface area contributed by atoms with E-state index in [-0.39, 0.29) is 42.8 Å². The molecule has 0 aromatic heterocycles. The van der Waals surface area contributed by atoms with Gasteiger partial charge >= 0.3 is 42.8 Å². The van der Waals surface area contributed by atoms with Crippen LogP contribution in [-0.4, -0.2) is 23.9 Å². The summed E-state index contributed by atoms with van der Waals surface area (Å²) in [7, 11) is -5.39. The van der Waals surface area contributed by atoms with E-state index in [9.17, 15) is 0 Å².